The summed E-state index contributed by atoms with van der Waals surface area (Å²) in [6, 6.07) is 10.4. The van der Waals surface area contributed by atoms with Crippen molar-refractivity contribution in [3.63, 3.8) is 0 Å². The first-order chi connectivity index (χ1) is 9.88. The average Bonchev–Trinajstić information content (AvgIpc) is 2.41. The van der Waals surface area contributed by atoms with Crippen molar-refractivity contribution in [1.82, 2.24) is 0 Å². The van der Waals surface area contributed by atoms with E-state index in [0.29, 0.717) is 18.6 Å². The normalized spacial score (nSPS) is 11.4. The lowest BCUT2D eigenvalue weighted by atomic mass is 10.2. The van der Waals surface area contributed by atoms with Crippen molar-refractivity contribution in [2.45, 2.75) is 11.3 Å². The van der Waals surface area contributed by atoms with Gasteiger partial charge in [-0.05, 0) is 11.6 Å². The highest BCUT2D eigenvalue weighted by atomic mass is 32.2. The molecule has 0 heterocycles. The van der Waals surface area contributed by atoms with Crippen LogP contribution < -0.4 is 9.88 Å². The van der Waals surface area contributed by atoms with Crippen LogP contribution in [0, 0.1) is 11.6 Å². The van der Waals surface area contributed by atoms with E-state index in [4.69, 9.17) is 9.88 Å². The maximum absolute atomic E-state index is 13.7. The zero-order valence-electron chi connectivity index (χ0n) is 10.9. The van der Waals surface area contributed by atoms with Crippen LogP contribution in [0.15, 0.2) is 47.4 Å². The minimum Gasteiger partial charge on any atom is -0.489 e. The molecule has 0 spiro atoms. The van der Waals surface area contributed by atoms with Gasteiger partial charge in [0, 0.05) is 12.5 Å². The fourth-order valence-electron chi connectivity index (χ4n) is 1.80. The molecule has 0 atom stereocenters. The van der Waals surface area contributed by atoms with Gasteiger partial charge in [0.25, 0.3) is 0 Å². The monoisotopic (exact) mass is 313 g/mol. The average molecular weight is 313 g/mol. The van der Waals surface area contributed by atoms with Crippen LogP contribution in [0.3, 0.4) is 0 Å². The summed E-state index contributed by atoms with van der Waals surface area (Å²) < 4.78 is 54.7. The van der Waals surface area contributed by atoms with E-state index in [9.17, 15) is 17.2 Å². The zero-order chi connectivity index (χ0) is 15.5. The molecule has 0 saturated carbocycles. The van der Waals surface area contributed by atoms with E-state index >= 15 is 0 Å². The molecule has 0 aliphatic rings. The van der Waals surface area contributed by atoms with Crippen LogP contribution in [-0.2, 0) is 16.4 Å². The Bertz CT molecular complexity index is 733. The first-order valence-electron chi connectivity index (χ1n) is 6.06. The lowest BCUT2D eigenvalue weighted by Gasteiger charge is -2.11. The van der Waals surface area contributed by atoms with E-state index in [1.165, 1.54) is 0 Å². The minimum absolute atomic E-state index is 0.0368. The largest absolute Gasteiger partial charge is 0.489 e. The summed E-state index contributed by atoms with van der Waals surface area (Å²) in [6.45, 7) is 0.0368. The molecule has 0 saturated heterocycles. The molecule has 0 amide bonds. The van der Waals surface area contributed by atoms with Crippen molar-refractivity contribution in [3.05, 3.63) is 59.7 Å². The standard InChI is InChI=1S/C14H13F2NO3S/c15-11-8-12(16)14(13(9-11)21(17,18)19)20-7-6-10-4-2-1-3-5-10/h1-5,8-9H,6-7H2,(H2,17,18,19). The third-order valence-corrected chi connectivity index (χ3v) is 3.68. The van der Waals surface area contributed by atoms with E-state index in [2.05, 4.69) is 0 Å². The highest BCUT2D eigenvalue weighted by Crippen LogP contribution is 2.27. The Morgan fingerprint density at radius 3 is 2.38 bits per heavy atom. The zero-order valence-corrected chi connectivity index (χ0v) is 11.7. The highest BCUT2D eigenvalue weighted by Gasteiger charge is 2.21. The van der Waals surface area contributed by atoms with Crippen molar-refractivity contribution in [1.29, 1.82) is 0 Å². The van der Waals surface area contributed by atoms with E-state index in [0.717, 1.165) is 5.56 Å². The molecule has 7 heteroatoms. The predicted molar refractivity (Wildman–Crippen MR) is 73.4 cm³/mol. The van der Waals surface area contributed by atoms with Gasteiger partial charge < -0.3 is 4.74 Å². The van der Waals surface area contributed by atoms with Crippen LogP contribution in [0.2, 0.25) is 0 Å². The van der Waals surface area contributed by atoms with Crippen molar-refractivity contribution < 1.29 is 21.9 Å². The number of benzene rings is 2. The van der Waals surface area contributed by atoms with Gasteiger partial charge in [-0.3, -0.25) is 0 Å². The molecule has 0 radical (unpaired) electrons. The lowest BCUT2D eigenvalue weighted by molar-refractivity contribution is 0.295. The van der Waals surface area contributed by atoms with E-state index < -0.39 is 32.3 Å². The maximum atomic E-state index is 13.7. The molecule has 0 aliphatic carbocycles. The Labute approximate surface area is 121 Å². The van der Waals surface area contributed by atoms with Gasteiger partial charge in [0.2, 0.25) is 10.0 Å². The summed E-state index contributed by atoms with van der Waals surface area (Å²) in [4.78, 5) is -0.701. The first-order valence-corrected chi connectivity index (χ1v) is 7.61. The lowest BCUT2D eigenvalue weighted by Crippen LogP contribution is -2.16. The molecule has 0 aliphatic heterocycles. The third-order valence-electron chi connectivity index (χ3n) is 2.76. The Morgan fingerprint density at radius 1 is 1.10 bits per heavy atom. The summed E-state index contributed by atoms with van der Waals surface area (Å²) in [7, 11) is -4.28. The van der Waals surface area contributed by atoms with Crippen LogP contribution in [-0.4, -0.2) is 15.0 Å². The molecule has 0 unspecified atom stereocenters. The number of hydrogen-bond acceptors (Lipinski definition) is 3. The number of halogens is 2. The number of primary sulfonamides is 1. The van der Waals surface area contributed by atoms with Gasteiger partial charge >= 0.3 is 0 Å². The molecule has 4 nitrogen and oxygen atoms in total. The number of rotatable bonds is 5. The van der Waals surface area contributed by atoms with Gasteiger partial charge in [-0.2, -0.15) is 0 Å². The Kier molecular flexibility index (Phi) is 4.54. The summed E-state index contributed by atoms with van der Waals surface area (Å²) in [5, 5.41) is 4.94. The summed E-state index contributed by atoms with van der Waals surface area (Å²) in [6.07, 6.45) is 0.446. The fraction of sp³-hybridized carbons (Fsp3) is 0.143. The van der Waals surface area contributed by atoms with Gasteiger partial charge in [0.05, 0.1) is 6.61 Å². The maximum Gasteiger partial charge on any atom is 0.241 e. The molecule has 2 aromatic carbocycles. The summed E-state index contributed by atoms with van der Waals surface area (Å²) >= 11 is 0. The third kappa shape index (κ3) is 3.99. The molecule has 21 heavy (non-hydrogen) atoms. The van der Waals surface area contributed by atoms with Gasteiger partial charge in [-0.1, -0.05) is 30.3 Å². The van der Waals surface area contributed by atoms with Gasteiger partial charge in [-0.15, -0.1) is 0 Å². The van der Waals surface area contributed by atoms with Gasteiger partial charge in [0.1, 0.15) is 10.7 Å². The van der Waals surface area contributed by atoms with Crippen molar-refractivity contribution in [2.75, 3.05) is 6.61 Å². The summed E-state index contributed by atoms with van der Waals surface area (Å²) in [5.41, 5.74) is 0.942. The SMILES string of the molecule is NS(=O)(=O)c1cc(F)cc(F)c1OCCc1ccccc1. The molecule has 2 aromatic rings. The van der Waals surface area contributed by atoms with Gasteiger partial charge in [-0.25, -0.2) is 22.3 Å². The molecule has 2 N–H and O–H groups in total. The smallest absolute Gasteiger partial charge is 0.241 e. The molecule has 0 bridgehead atoms. The van der Waals surface area contributed by atoms with Crippen molar-refractivity contribution >= 4 is 10.0 Å². The van der Waals surface area contributed by atoms with Crippen molar-refractivity contribution in [3.8, 4) is 5.75 Å². The van der Waals surface area contributed by atoms with Crippen LogP contribution in [0.1, 0.15) is 5.56 Å². The van der Waals surface area contributed by atoms with Crippen molar-refractivity contribution in [2.24, 2.45) is 5.14 Å². The second-order valence-corrected chi connectivity index (χ2v) is 5.87. The molecular formula is C14H13F2NO3S. The molecule has 2 rings (SSSR count). The highest BCUT2D eigenvalue weighted by molar-refractivity contribution is 7.89. The molecular weight excluding hydrogens is 300 g/mol. The predicted octanol–water partition coefficient (Wildman–Crippen LogP) is 2.23. The van der Waals surface area contributed by atoms with E-state index in [1.807, 2.05) is 30.3 Å². The number of hydrogen-bond donors (Lipinski definition) is 1. The number of ether oxygens (including phenoxy) is 1. The van der Waals surface area contributed by atoms with Crippen LogP contribution in [0.5, 0.6) is 5.75 Å². The Morgan fingerprint density at radius 2 is 1.76 bits per heavy atom. The number of nitrogens with two attached hydrogens (primary N) is 1. The Hall–Kier alpha value is -1.99. The molecule has 0 fully saturated rings. The second kappa shape index (κ2) is 6.19. The van der Waals surface area contributed by atoms with E-state index in [-0.39, 0.29) is 6.61 Å². The minimum atomic E-state index is -4.28. The van der Waals surface area contributed by atoms with Crippen LogP contribution in [0.4, 0.5) is 8.78 Å². The molecule has 112 valence electrons. The quantitative estimate of drug-likeness (QED) is 0.920. The topological polar surface area (TPSA) is 69.4 Å². The molecule has 0 aromatic heterocycles. The second-order valence-electron chi connectivity index (χ2n) is 4.34. The summed E-state index contributed by atoms with van der Waals surface area (Å²) in [5.74, 6) is -2.70. The fourth-order valence-corrected chi connectivity index (χ4v) is 2.50. The number of sulfonamides is 1. The van der Waals surface area contributed by atoms with Crippen LogP contribution >= 0.6 is 0 Å². The van der Waals surface area contributed by atoms with Crippen LogP contribution in [0.25, 0.3) is 0 Å². The van der Waals surface area contributed by atoms with Gasteiger partial charge in [0.15, 0.2) is 11.6 Å². The van der Waals surface area contributed by atoms with E-state index in [1.54, 1.807) is 0 Å². The Balaban J connectivity index is 2.20. The first kappa shape index (κ1) is 15.4.